The molecule has 0 atom stereocenters. The van der Waals surface area contributed by atoms with Crippen molar-refractivity contribution in [2.75, 3.05) is 19.4 Å². The molecule has 1 N–H and O–H groups in total. The zero-order chi connectivity index (χ0) is 14.7. The van der Waals surface area contributed by atoms with Crippen LogP contribution in [-0.2, 0) is 6.54 Å². The predicted octanol–water partition coefficient (Wildman–Crippen LogP) is 3.07. The van der Waals surface area contributed by atoms with E-state index in [1.54, 1.807) is 4.90 Å². The Hall–Kier alpha value is -1.88. The molecule has 106 valence electrons. The topological polar surface area (TPSA) is 45.2 Å². The molecule has 5 heteroatoms. The number of rotatable bonds is 4. The van der Waals surface area contributed by atoms with Gasteiger partial charge in [0.25, 0.3) is 5.91 Å². The summed E-state index contributed by atoms with van der Waals surface area (Å²) in [5.74, 6) is 0.00357. The number of nitrogens with one attached hydrogen (secondary N) is 1. The number of aromatic nitrogens is 1. The van der Waals surface area contributed by atoms with Crippen LogP contribution in [0.2, 0.25) is 0 Å². The predicted molar refractivity (Wildman–Crippen MR) is 83.4 cm³/mol. The van der Waals surface area contributed by atoms with Crippen molar-refractivity contribution in [3.63, 3.8) is 0 Å². The standard InChI is InChI=1S/C15H19N3OS/c1-10-7-5-6-8-12(10)9-18(4)15(19)13-11(2)17-20-14(13)16-3/h5-8,16H,9H2,1-4H3. The van der Waals surface area contributed by atoms with Crippen LogP contribution in [0.5, 0.6) is 0 Å². The molecule has 4 nitrogen and oxygen atoms in total. The van der Waals surface area contributed by atoms with Gasteiger partial charge < -0.3 is 10.2 Å². The molecule has 0 saturated carbocycles. The van der Waals surface area contributed by atoms with Crippen LogP contribution >= 0.6 is 11.5 Å². The number of amides is 1. The number of benzene rings is 1. The largest absolute Gasteiger partial charge is 0.378 e. The van der Waals surface area contributed by atoms with Crippen LogP contribution in [0.4, 0.5) is 5.00 Å². The molecule has 20 heavy (non-hydrogen) atoms. The second-order valence-corrected chi connectivity index (χ2v) is 5.58. The Balaban J connectivity index is 2.21. The molecule has 0 aliphatic heterocycles. The molecule has 0 fully saturated rings. The number of aryl methyl sites for hydroxylation is 2. The maximum absolute atomic E-state index is 12.6. The molecule has 1 amide bonds. The van der Waals surface area contributed by atoms with Gasteiger partial charge in [-0.1, -0.05) is 24.3 Å². The van der Waals surface area contributed by atoms with E-state index in [0.717, 1.165) is 16.3 Å². The van der Waals surface area contributed by atoms with E-state index in [4.69, 9.17) is 0 Å². The molecule has 0 radical (unpaired) electrons. The van der Waals surface area contributed by atoms with Gasteiger partial charge in [0.05, 0.1) is 11.3 Å². The van der Waals surface area contributed by atoms with Gasteiger partial charge in [0.15, 0.2) is 0 Å². The lowest BCUT2D eigenvalue weighted by atomic mass is 10.1. The van der Waals surface area contributed by atoms with E-state index >= 15 is 0 Å². The van der Waals surface area contributed by atoms with Crippen LogP contribution in [-0.4, -0.2) is 29.3 Å². The normalized spacial score (nSPS) is 10.4. The van der Waals surface area contributed by atoms with Crippen LogP contribution in [0, 0.1) is 13.8 Å². The summed E-state index contributed by atoms with van der Waals surface area (Å²) in [5, 5.41) is 3.86. The molecule has 1 aromatic carbocycles. The quantitative estimate of drug-likeness (QED) is 0.941. The Bertz CT molecular complexity index is 621. The second-order valence-electron chi connectivity index (χ2n) is 4.81. The molecule has 0 aliphatic rings. The van der Waals surface area contributed by atoms with E-state index in [1.807, 2.05) is 33.2 Å². The highest BCUT2D eigenvalue weighted by Crippen LogP contribution is 2.25. The molecule has 0 bridgehead atoms. The van der Waals surface area contributed by atoms with Crippen molar-refractivity contribution in [2.45, 2.75) is 20.4 Å². The van der Waals surface area contributed by atoms with Gasteiger partial charge >= 0.3 is 0 Å². The van der Waals surface area contributed by atoms with Crippen molar-refractivity contribution in [3.05, 3.63) is 46.6 Å². The molecule has 1 heterocycles. The minimum absolute atomic E-state index is 0.00357. The Morgan fingerprint density at radius 1 is 1.35 bits per heavy atom. The first-order chi connectivity index (χ1) is 9.54. The highest BCUT2D eigenvalue weighted by atomic mass is 32.1. The summed E-state index contributed by atoms with van der Waals surface area (Å²) in [6.07, 6.45) is 0. The zero-order valence-electron chi connectivity index (χ0n) is 12.2. The number of carbonyl (C=O) groups excluding carboxylic acids is 1. The van der Waals surface area contributed by atoms with E-state index in [1.165, 1.54) is 17.1 Å². The summed E-state index contributed by atoms with van der Waals surface area (Å²) in [5.41, 5.74) is 3.81. The molecule has 0 saturated heterocycles. The lowest BCUT2D eigenvalue weighted by Crippen LogP contribution is -2.27. The summed E-state index contributed by atoms with van der Waals surface area (Å²) in [7, 11) is 3.64. The summed E-state index contributed by atoms with van der Waals surface area (Å²) in [4.78, 5) is 14.3. The Kier molecular flexibility index (Phi) is 4.39. The maximum Gasteiger partial charge on any atom is 0.258 e. The van der Waals surface area contributed by atoms with E-state index in [0.29, 0.717) is 12.1 Å². The van der Waals surface area contributed by atoms with Gasteiger partial charge in [-0.3, -0.25) is 4.79 Å². The first kappa shape index (κ1) is 14.5. The van der Waals surface area contributed by atoms with Gasteiger partial charge in [0, 0.05) is 20.6 Å². The van der Waals surface area contributed by atoms with Gasteiger partial charge in [-0.25, -0.2) is 0 Å². The fraction of sp³-hybridized carbons (Fsp3) is 0.333. The van der Waals surface area contributed by atoms with Gasteiger partial charge in [-0.2, -0.15) is 4.37 Å². The Labute approximate surface area is 123 Å². The van der Waals surface area contributed by atoms with Crippen molar-refractivity contribution in [1.82, 2.24) is 9.27 Å². The first-order valence-electron chi connectivity index (χ1n) is 6.48. The van der Waals surface area contributed by atoms with E-state index in [9.17, 15) is 4.79 Å². The molecule has 0 aliphatic carbocycles. The minimum atomic E-state index is 0.00357. The third-order valence-electron chi connectivity index (χ3n) is 3.32. The molecule has 2 rings (SSSR count). The van der Waals surface area contributed by atoms with Crippen LogP contribution in [0.15, 0.2) is 24.3 Å². The van der Waals surface area contributed by atoms with E-state index in [-0.39, 0.29) is 5.91 Å². The monoisotopic (exact) mass is 289 g/mol. The minimum Gasteiger partial charge on any atom is -0.378 e. The highest BCUT2D eigenvalue weighted by Gasteiger charge is 2.21. The maximum atomic E-state index is 12.6. The second kappa shape index (κ2) is 6.05. The number of anilines is 1. The average molecular weight is 289 g/mol. The lowest BCUT2D eigenvalue weighted by Gasteiger charge is -2.19. The molecule has 2 aromatic rings. The molecular weight excluding hydrogens is 270 g/mol. The third-order valence-corrected chi connectivity index (χ3v) is 4.28. The fourth-order valence-corrected chi connectivity index (χ4v) is 2.83. The van der Waals surface area contributed by atoms with Crippen molar-refractivity contribution >= 4 is 22.4 Å². The van der Waals surface area contributed by atoms with Crippen molar-refractivity contribution < 1.29 is 4.79 Å². The lowest BCUT2D eigenvalue weighted by molar-refractivity contribution is 0.0785. The zero-order valence-corrected chi connectivity index (χ0v) is 13.0. The van der Waals surface area contributed by atoms with Crippen molar-refractivity contribution in [3.8, 4) is 0 Å². The fourth-order valence-electron chi connectivity index (χ4n) is 2.10. The van der Waals surface area contributed by atoms with Crippen molar-refractivity contribution in [2.24, 2.45) is 0 Å². The molecule has 0 unspecified atom stereocenters. The number of carbonyl (C=O) groups is 1. The summed E-state index contributed by atoms with van der Waals surface area (Å²) < 4.78 is 4.25. The van der Waals surface area contributed by atoms with Crippen LogP contribution < -0.4 is 5.32 Å². The summed E-state index contributed by atoms with van der Waals surface area (Å²) in [6, 6.07) is 8.12. The number of nitrogens with zero attached hydrogens (tertiary/aromatic N) is 2. The summed E-state index contributed by atoms with van der Waals surface area (Å²) >= 11 is 1.32. The molecule has 0 spiro atoms. The first-order valence-corrected chi connectivity index (χ1v) is 7.26. The van der Waals surface area contributed by atoms with Gasteiger partial charge in [-0.05, 0) is 36.5 Å². The Morgan fingerprint density at radius 3 is 2.70 bits per heavy atom. The molecule has 1 aromatic heterocycles. The highest BCUT2D eigenvalue weighted by molar-refractivity contribution is 7.10. The third kappa shape index (κ3) is 2.82. The number of hydrogen-bond donors (Lipinski definition) is 1. The van der Waals surface area contributed by atoms with Crippen LogP contribution in [0.1, 0.15) is 27.2 Å². The Morgan fingerprint density at radius 2 is 2.05 bits per heavy atom. The number of hydrogen-bond acceptors (Lipinski definition) is 4. The van der Waals surface area contributed by atoms with Gasteiger partial charge in [0.1, 0.15) is 5.00 Å². The molecular formula is C15H19N3OS. The van der Waals surface area contributed by atoms with Crippen LogP contribution in [0.25, 0.3) is 0 Å². The van der Waals surface area contributed by atoms with E-state index < -0.39 is 0 Å². The van der Waals surface area contributed by atoms with Gasteiger partial charge in [-0.15, -0.1) is 0 Å². The SMILES string of the molecule is CNc1snc(C)c1C(=O)N(C)Cc1ccccc1C. The van der Waals surface area contributed by atoms with Crippen molar-refractivity contribution in [1.29, 1.82) is 0 Å². The van der Waals surface area contributed by atoms with E-state index in [2.05, 4.69) is 28.7 Å². The van der Waals surface area contributed by atoms with Gasteiger partial charge in [0.2, 0.25) is 0 Å². The summed E-state index contributed by atoms with van der Waals surface area (Å²) in [6.45, 7) is 4.53. The van der Waals surface area contributed by atoms with Crippen LogP contribution in [0.3, 0.4) is 0 Å². The smallest absolute Gasteiger partial charge is 0.258 e. The average Bonchev–Trinajstić information content (AvgIpc) is 2.81.